The number of benzene rings is 1. The van der Waals surface area contributed by atoms with E-state index in [0.717, 1.165) is 5.56 Å². The Balaban J connectivity index is 1.93. The van der Waals surface area contributed by atoms with E-state index >= 15 is 0 Å². The molecule has 0 spiro atoms. The second kappa shape index (κ2) is 7.40. The molecule has 22 heavy (non-hydrogen) atoms. The third kappa shape index (κ3) is 4.44. The average Bonchev–Trinajstić information content (AvgIpc) is 2.96. The highest BCUT2D eigenvalue weighted by Gasteiger charge is 2.17. The second-order valence-corrected chi connectivity index (χ2v) is 4.91. The fourth-order valence-corrected chi connectivity index (χ4v) is 1.95. The van der Waals surface area contributed by atoms with Crippen molar-refractivity contribution in [2.75, 3.05) is 7.11 Å². The molecule has 0 saturated heterocycles. The summed E-state index contributed by atoms with van der Waals surface area (Å²) < 4.78 is 11.5. The molecule has 6 heteroatoms. The van der Waals surface area contributed by atoms with E-state index in [-0.39, 0.29) is 12.1 Å². The number of imidazole rings is 1. The van der Waals surface area contributed by atoms with Crippen LogP contribution in [0.2, 0.25) is 0 Å². The number of rotatable bonds is 6. The first-order chi connectivity index (χ1) is 10.6. The van der Waals surface area contributed by atoms with Gasteiger partial charge in [-0.25, -0.2) is 9.78 Å². The SMILES string of the molecule is COC(=O)CC(C)OC(=O)c1cn(Cc2ccccc2)cn1. The van der Waals surface area contributed by atoms with Gasteiger partial charge in [0, 0.05) is 12.7 Å². The van der Waals surface area contributed by atoms with Crippen LogP contribution in [0.25, 0.3) is 0 Å². The van der Waals surface area contributed by atoms with Crippen molar-refractivity contribution in [3.05, 3.63) is 54.1 Å². The van der Waals surface area contributed by atoms with Gasteiger partial charge in [-0.05, 0) is 12.5 Å². The summed E-state index contributed by atoms with van der Waals surface area (Å²) in [6.07, 6.45) is 2.67. The van der Waals surface area contributed by atoms with Crippen LogP contribution in [0.1, 0.15) is 29.4 Å². The summed E-state index contributed by atoms with van der Waals surface area (Å²) in [6.45, 7) is 2.26. The van der Waals surface area contributed by atoms with Gasteiger partial charge in [0.25, 0.3) is 0 Å². The van der Waals surface area contributed by atoms with Crippen molar-refractivity contribution >= 4 is 11.9 Å². The molecule has 0 N–H and O–H groups in total. The number of carbonyl (C=O) groups excluding carboxylic acids is 2. The molecule has 1 atom stereocenters. The minimum absolute atomic E-state index is 0.0208. The highest BCUT2D eigenvalue weighted by atomic mass is 16.6. The number of esters is 2. The minimum atomic E-state index is -0.556. The van der Waals surface area contributed by atoms with Crippen LogP contribution in [0.15, 0.2) is 42.9 Å². The van der Waals surface area contributed by atoms with E-state index in [9.17, 15) is 9.59 Å². The summed E-state index contributed by atoms with van der Waals surface area (Å²) in [5.74, 6) is -0.974. The minimum Gasteiger partial charge on any atom is -0.469 e. The van der Waals surface area contributed by atoms with Crippen molar-refractivity contribution < 1.29 is 19.1 Å². The standard InChI is InChI=1S/C16H18N2O4/c1-12(8-15(19)21-2)22-16(20)14-10-18(11-17-14)9-13-6-4-3-5-7-13/h3-7,10-12H,8-9H2,1-2H3. The summed E-state index contributed by atoms with van der Waals surface area (Å²) in [6, 6.07) is 9.85. The van der Waals surface area contributed by atoms with Crippen molar-refractivity contribution in [2.45, 2.75) is 26.0 Å². The maximum atomic E-state index is 11.9. The molecule has 116 valence electrons. The zero-order chi connectivity index (χ0) is 15.9. The number of nitrogens with zero attached hydrogens (tertiary/aromatic N) is 2. The maximum absolute atomic E-state index is 11.9. The Morgan fingerprint density at radius 2 is 2.00 bits per heavy atom. The molecule has 2 aromatic rings. The normalized spacial score (nSPS) is 11.7. The smallest absolute Gasteiger partial charge is 0.358 e. The van der Waals surface area contributed by atoms with Crippen molar-refractivity contribution in [2.24, 2.45) is 0 Å². The molecule has 0 amide bonds. The highest BCUT2D eigenvalue weighted by Crippen LogP contribution is 2.07. The molecule has 6 nitrogen and oxygen atoms in total. The number of hydrogen-bond donors (Lipinski definition) is 0. The van der Waals surface area contributed by atoms with Gasteiger partial charge in [0.05, 0.1) is 19.9 Å². The van der Waals surface area contributed by atoms with Gasteiger partial charge in [-0.3, -0.25) is 4.79 Å². The van der Waals surface area contributed by atoms with Gasteiger partial charge in [0.1, 0.15) is 6.10 Å². The van der Waals surface area contributed by atoms with Gasteiger partial charge in [-0.1, -0.05) is 30.3 Å². The van der Waals surface area contributed by atoms with E-state index in [2.05, 4.69) is 9.72 Å². The van der Waals surface area contributed by atoms with Gasteiger partial charge >= 0.3 is 11.9 Å². The first-order valence-electron chi connectivity index (χ1n) is 6.92. The Hall–Kier alpha value is -2.63. The molecule has 1 aromatic heterocycles. The van der Waals surface area contributed by atoms with Gasteiger partial charge in [-0.15, -0.1) is 0 Å². The largest absolute Gasteiger partial charge is 0.469 e. The Labute approximate surface area is 128 Å². The zero-order valence-corrected chi connectivity index (χ0v) is 12.6. The number of methoxy groups -OCH3 is 1. The molecule has 1 aromatic carbocycles. The highest BCUT2D eigenvalue weighted by molar-refractivity contribution is 5.87. The van der Waals surface area contributed by atoms with E-state index in [1.54, 1.807) is 24.0 Å². The summed E-state index contributed by atoms with van der Waals surface area (Å²) in [7, 11) is 1.29. The maximum Gasteiger partial charge on any atom is 0.358 e. The molecule has 0 bridgehead atoms. The third-order valence-corrected chi connectivity index (χ3v) is 3.04. The van der Waals surface area contributed by atoms with Gasteiger partial charge in [0.15, 0.2) is 5.69 Å². The van der Waals surface area contributed by atoms with Crippen molar-refractivity contribution in [1.29, 1.82) is 0 Å². The van der Waals surface area contributed by atoms with Crippen LogP contribution in [0.3, 0.4) is 0 Å². The van der Waals surface area contributed by atoms with Crippen LogP contribution < -0.4 is 0 Å². The van der Waals surface area contributed by atoms with Crippen LogP contribution >= 0.6 is 0 Å². The van der Waals surface area contributed by atoms with E-state index in [1.807, 2.05) is 30.3 Å². The first kappa shape index (κ1) is 15.8. The predicted molar refractivity (Wildman–Crippen MR) is 79.3 cm³/mol. The summed E-state index contributed by atoms with van der Waals surface area (Å²) >= 11 is 0. The molecule has 0 aliphatic rings. The number of hydrogen-bond acceptors (Lipinski definition) is 5. The monoisotopic (exact) mass is 302 g/mol. The van der Waals surface area contributed by atoms with Crippen LogP contribution in [0, 0.1) is 0 Å². The fraction of sp³-hybridized carbons (Fsp3) is 0.312. The second-order valence-electron chi connectivity index (χ2n) is 4.91. The van der Waals surface area contributed by atoms with E-state index < -0.39 is 18.0 Å². The number of aromatic nitrogens is 2. The quantitative estimate of drug-likeness (QED) is 0.764. The van der Waals surface area contributed by atoms with Crippen LogP contribution in [-0.2, 0) is 20.8 Å². The van der Waals surface area contributed by atoms with Gasteiger partial charge in [0.2, 0.25) is 0 Å². The Kier molecular flexibility index (Phi) is 5.30. The van der Waals surface area contributed by atoms with E-state index in [4.69, 9.17) is 4.74 Å². The number of ether oxygens (including phenoxy) is 2. The summed E-state index contributed by atoms with van der Waals surface area (Å²) in [4.78, 5) is 27.1. The van der Waals surface area contributed by atoms with Gasteiger partial charge in [-0.2, -0.15) is 0 Å². The predicted octanol–water partition coefficient (Wildman–Crippen LogP) is 2.04. The first-order valence-corrected chi connectivity index (χ1v) is 6.92. The molecule has 2 rings (SSSR count). The van der Waals surface area contributed by atoms with Crippen LogP contribution in [-0.4, -0.2) is 34.7 Å². The lowest BCUT2D eigenvalue weighted by Crippen LogP contribution is -2.19. The van der Waals surface area contributed by atoms with E-state index in [1.165, 1.54) is 7.11 Å². The molecule has 1 heterocycles. The van der Waals surface area contributed by atoms with E-state index in [0.29, 0.717) is 6.54 Å². The molecule has 0 radical (unpaired) electrons. The third-order valence-electron chi connectivity index (χ3n) is 3.04. The van der Waals surface area contributed by atoms with Crippen LogP contribution in [0.4, 0.5) is 0 Å². The Morgan fingerprint density at radius 1 is 1.27 bits per heavy atom. The van der Waals surface area contributed by atoms with Crippen LogP contribution in [0.5, 0.6) is 0 Å². The topological polar surface area (TPSA) is 70.4 Å². The molecular formula is C16H18N2O4. The Bertz CT molecular complexity index is 637. The molecular weight excluding hydrogens is 284 g/mol. The summed E-state index contributed by atoms with van der Waals surface area (Å²) in [5, 5.41) is 0. The van der Waals surface area contributed by atoms with Crippen molar-refractivity contribution in [3.8, 4) is 0 Å². The fourth-order valence-electron chi connectivity index (χ4n) is 1.95. The Morgan fingerprint density at radius 3 is 2.68 bits per heavy atom. The average molecular weight is 302 g/mol. The molecule has 1 unspecified atom stereocenters. The van der Waals surface area contributed by atoms with Crippen molar-refractivity contribution in [3.63, 3.8) is 0 Å². The lowest BCUT2D eigenvalue weighted by atomic mass is 10.2. The molecule has 0 saturated carbocycles. The van der Waals surface area contributed by atoms with Crippen molar-refractivity contribution in [1.82, 2.24) is 9.55 Å². The lowest BCUT2D eigenvalue weighted by Gasteiger charge is -2.10. The lowest BCUT2D eigenvalue weighted by molar-refractivity contribution is -0.142. The zero-order valence-electron chi connectivity index (χ0n) is 12.6. The molecule has 0 aliphatic heterocycles. The molecule has 0 fully saturated rings. The summed E-state index contributed by atoms with van der Waals surface area (Å²) in [5.41, 5.74) is 1.33. The number of carbonyl (C=O) groups is 2. The van der Waals surface area contributed by atoms with Gasteiger partial charge < -0.3 is 14.0 Å². The molecule has 0 aliphatic carbocycles.